The number of hydrogen-bond acceptors (Lipinski definition) is 4. The standard InChI is InChI=1S/C22H27NO4/c1-16(24)19-12-11-18(13-20(19)26-5)15-23(21(25)27-22(2,3)4)14-17-9-7-6-8-10-17/h6-13H,14-15H2,1-5H3. The number of carbonyl (C=O) groups excluding carboxylic acids is 2. The summed E-state index contributed by atoms with van der Waals surface area (Å²) in [7, 11) is 1.53. The van der Waals surface area contributed by atoms with E-state index in [1.54, 1.807) is 17.0 Å². The van der Waals surface area contributed by atoms with Crippen LogP contribution in [0.5, 0.6) is 5.75 Å². The van der Waals surface area contributed by atoms with E-state index in [9.17, 15) is 9.59 Å². The van der Waals surface area contributed by atoms with E-state index in [0.717, 1.165) is 11.1 Å². The van der Waals surface area contributed by atoms with E-state index in [1.165, 1.54) is 14.0 Å². The predicted octanol–water partition coefficient (Wildman–Crippen LogP) is 4.84. The van der Waals surface area contributed by atoms with Gasteiger partial charge in [-0.15, -0.1) is 0 Å². The smallest absolute Gasteiger partial charge is 0.410 e. The highest BCUT2D eigenvalue weighted by molar-refractivity contribution is 5.96. The van der Waals surface area contributed by atoms with Gasteiger partial charge in [-0.25, -0.2) is 4.79 Å². The van der Waals surface area contributed by atoms with Crippen molar-refractivity contribution in [2.75, 3.05) is 7.11 Å². The molecule has 2 aromatic rings. The number of nitrogens with zero attached hydrogens (tertiary/aromatic N) is 1. The van der Waals surface area contributed by atoms with Crippen LogP contribution in [0.1, 0.15) is 49.2 Å². The minimum absolute atomic E-state index is 0.0633. The maximum absolute atomic E-state index is 12.7. The Morgan fingerprint density at radius 3 is 2.15 bits per heavy atom. The molecular weight excluding hydrogens is 342 g/mol. The molecular formula is C22H27NO4. The zero-order chi connectivity index (χ0) is 20.0. The van der Waals surface area contributed by atoms with Gasteiger partial charge < -0.3 is 9.47 Å². The van der Waals surface area contributed by atoms with Gasteiger partial charge in [0.05, 0.1) is 12.7 Å². The molecule has 144 valence electrons. The fourth-order valence-electron chi connectivity index (χ4n) is 2.66. The van der Waals surface area contributed by atoms with Crippen molar-refractivity contribution in [2.24, 2.45) is 0 Å². The predicted molar refractivity (Wildman–Crippen MR) is 105 cm³/mol. The number of hydrogen-bond donors (Lipinski definition) is 0. The average molecular weight is 369 g/mol. The van der Waals surface area contributed by atoms with E-state index in [1.807, 2.05) is 57.2 Å². The minimum Gasteiger partial charge on any atom is -0.496 e. The Kier molecular flexibility index (Phi) is 6.61. The van der Waals surface area contributed by atoms with Gasteiger partial charge in [0.1, 0.15) is 11.4 Å². The number of rotatable bonds is 6. The molecule has 5 nitrogen and oxygen atoms in total. The normalized spacial score (nSPS) is 11.0. The van der Waals surface area contributed by atoms with Crippen LogP contribution in [0, 0.1) is 0 Å². The van der Waals surface area contributed by atoms with E-state index >= 15 is 0 Å². The summed E-state index contributed by atoms with van der Waals surface area (Å²) in [5.41, 5.74) is 1.81. The Morgan fingerprint density at radius 1 is 0.963 bits per heavy atom. The molecule has 27 heavy (non-hydrogen) atoms. The van der Waals surface area contributed by atoms with E-state index < -0.39 is 5.60 Å². The second kappa shape index (κ2) is 8.71. The summed E-state index contributed by atoms with van der Waals surface area (Å²) in [5, 5.41) is 0. The van der Waals surface area contributed by atoms with Crippen molar-refractivity contribution < 1.29 is 19.1 Å². The molecule has 0 aromatic heterocycles. The molecule has 0 bridgehead atoms. The second-order valence-corrected chi connectivity index (χ2v) is 7.41. The van der Waals surface area contributed by atoms with Crippen molar-refractivity contribution in [3.05, 3.63) is 65.2 Å². The molecule has 0 radical (unpaired) electrons. The highest BCUT2D eigenvalue weighted by atomic mass is 16.6. The lowest BCUT2D eigenvalue weighted by Crippen LogP contribution is -2.36. The zero-order valence-corrected chi connectivity index (χ0v) is 16.6. The molecule has 2 rings (SSSR count). The Hall–Kier alpha value is -2.82. The Labute approximate surface area is 160 Å². The summed E-state index contributed by atoms with van der Waals surface area (Å²) in [5.74, 6) is 0.440. The van der Waals surface area contributed by atoms with E-state index in [0.29, 0.717) is 24.4 Å². The third-order valence-corrected chi connectivity index (χ3v) is 3.89. The van der Waals surface area contributed by atoms with E-state index in [2.05, 4.69) is 0 Å². The number of carbonyl (C=O) groups is 2. The molecule has 0 atom stereocenters. The Balaban J connectivity index is 2.28. The van der Waals surface area contributed by atoms with Gasteiger partial charge in [0, 0.05) is 13.1 Å². The quantitative estimate of drug-likeness (QED) is 0.684. The van der Waals surface area contributed by atoms with Crippen LogP contribution in [0.15, 0.2) is 48.5 Å². The highest BCUT2D eigenvalue weighted by Crippen LogP contribution is 2.23. The molecule has 0 saturated heterocycles. The summed E-state index contributed by atoms with van der Waals surface area (Å²) in [6, 6.07) is 15.1. The van der Waals surface area contributed by atoms with E-state index in [-0.39, 0.29) is 11.9 Å². The first-order chi connectivity index (χ1) is 12.7. The minimum atomic E-state index is -0.581. The molecule has 0 aliphatic carbocycles. The van der Waals surface area contributed by atoms with Crippen LogP contribution in [0.25, 0.3) is 0 Å². The third kappa shape index (κ3) is 6.13. The van der Waals surface area contributed by atoms with Crippen molar-refractivity contribution in [1.29, 1.82) is 0 Å². The molecule has 2 aromatic carbocycles. The van der Waals surface area contributed by atoms with Crippen molar-refractivity contribution in [3.63, 3.8) is 0 Å². The van der Waals surface area contributed by atoms with Crippen LogP contribution in [0.4, 0.5) is 4.79 Å². The molecule has 0 aliphatic heterocycles. The molecule has 0 unspecified atom stereocenters. The fourth-order valence-corrected chi connectivity index (χ4v) is 2.66. The first-order valence-corrected chi connectivity index (χ1v) is 8.89. The van der Waals surface area contributed by atoms with E-state index in [4.69, 9.17) is 9.47 Å². The van der Waals surface area contributed by atoms with Gasteiger partial charge in [-0.3, -0.25) is 9.69 Å². The topological polar surface area (TPSA) is 55.8 Å². The van der Waals surface area contributed by atoms with Crippen LogP contribution in [0.2, 0.25) is 0 Å². The molecule has 1 amide bonds. The lowest BCUT2D eigenvalue weighted by Gasteiger charge is -2.28. The van der Waals surface area contributed by atoms with Gasteiger partial charge in [0.15, 0.2) is 5.78 Å². The van der Waals surface area contributed by atoms with Crippen molar-refractivity contribution in [2.45, 2.75) is 46.4 Å². The molecule has 5 heteroatoms. The molecule has 0 N–H and O–H groups in total. The van der Waals surface area contributed by atoms with Crippen LogP contribution >= 0.6 is 0 Å². The number of Topliss-reactive ketones (excluding diaryl/α,β-unsaturated/α-hetero) is 1. The maximum Gasteiger partial charge on any atom is 0.410 e. The van der Waals surface area contributed by atoms with Crippen molar-refractivity contribution in [1.82, 2.24) is 4.90 Å². The summed E-state index contributed by atoms with van der Waals surface area (Å²) in [6.07, 6.45) is -0.388. The van der Waals surface area contributed by atoms with Gasteiger partial charge in [0.2, 0.25) is 0 Å². The van der Waals surface area contributed by atoms with Gasteiger partial charge in [-0.1, -0.05) is 36.4 Å². The molecule has 0 heterocycles. The van der Waals surface area contributed by atoms with Crippen LogP contribution in [-0.2, 0) is 17.8 Å². The van der Waals surface area contributed by atoms with Crippen LogP contribution in [-0.4, -0.2) is 29.5 Å². The van der Waals surface area contributed by atoms with Gasteiger partial charge in [-0.2, -0.15) is 0 Å². The number of benzene rings is 2. The molecule has 0 aliphatic rings. The van der Waals surface area contributed by atoms with Crippen molar-refractivity contribution >= 4 is 11.9 Å². The molecule has 0 saturated carbocycles. The van der Waals surface area contributed by atoms with Crippen LogP contribution < -0.4 is 4.74 Å². The van der Waals surface area contributed by atoms with Gasteiger partial charge >= 0.3 is 6.09 Å². The number of ketones is 1. The summed E-state index contributed by atoms with van der Waals surface area (Å²) < 4.78 is 10.9. The first-order valence-electron chi connectivity index (χ1n) is 8.89. The molecule has 0 fully saturated rings. The average Bonchev–Trinajstić information content (AvgIpc) is 2.60. The van der Waals surface area contributed by atoms with Crippen molar-refractivity contribution in [3.8, 4) is 5.75 Å². The summed E-state index contributed by atoms with van der Waals surface area (Å²) >= 11 is 0. The number of ether oxygens (including phenoxy) is 2. The number of methoxy groups -OCH3 is 1. The van der Waals surface area contributed by atoms with Gasteiger partial charge in [0.25, 0.3) is 0 Å². The fraction of sp³-hybridized carbons (Fsp3) is 0.364. The van der Waals surface area contributed by atoms with Crippen LogP contribution in [0.3, 0.4) is 0 Å². The summed E-state index contributed by atoms with van der Waals surface area (Å²) in [4.78, 5) is 26.1. The first kappa shape index (κ1) is 20.5. The second-order valence-electron chi connectivity index (χ2n) is 7.41. The number of amides is 1. The summed E-state index contributed by atoms with van der Waals surface area (Å²) in [6.45, 7) is 7.80. The monoisotopic (exact) mass is 369 g/mol. The Morgan fingerprint density at radius 2 is 1.59 bits per heavy atom. The SMILES string of the molecule is COc1cc(CN(Cc2ccccc2)C(=O)OC(C)(C)C)ccc1C(C)=O. The zero-order valence-electron chi connectivity index (χ0n) is 16.6. The third-order valence-electron chi connectivity index (χ3n) is 3.89. The Bertz CT molecular complexity index is 794. The maximum atomic E-state index is 12.7. The molecule has 0 spiro atoms. The highest BCUT2D eigenvalue weighted by Gasteiger charge is 2.23. The largest absolute Gasteiger partial charge is 0.496 e. The lowest BCUT2D eigenvalue weighted by atomic mass is 10.1. The lowest BCUT2D eigenvalue weighted by molar-refractivity contribution is 0.0216. The van der Waals surface area contributed by atoms with Gasteiger partial charge in [-0.05, 0) is 51.0 Å².